The molecular formula is C20H16N4O3S2. The molecule has 0 atom stereocenters. The lowest BCUT2D eigenvalue weighted by Gasteiger charge is -2.07. The van der Waals surface area contributed by atoms with Crippen LogP contribution < -0.4 is 10.5 Å². The smallest absolute Gasteiger partial charge is 0.263 e. The summed E-state index contributed by atoms with van der Waals surface area (Å²) in [5.41, 5.74) is 7.72. The first-order valence-corrected chi connectivity index (χ1v) is 10.9. The predicted octanol–water partition coefficient (Wildman–Crippen LogP) is 3.61. The number of nitrogens with two attached hydrogens (primary N) is 1. The third-order valence-corrected chi connectivity index (χ3v) is 6.75. The molecule has 0 unspecified atom stereocenters. The first kappa shape index (κ1) is 19.0. The zero-order valence-corrected chi connectivity index (χ0v) is 16.9. The average molecular weight is 425 g/mol. The number of thiophene rings is 1. The summed E-state index contributed by atoms with van der Waals surface area (Å²) >= 11 is 1.23. The van der Waals surface area contributed by atoms with Gasteiger partial charge in [-0.25, -0.2) is 18.4 Å². The summed E-state index contributed by atoms with van der Waals surface area (Å²) in [7, 11) is -3.81. The van der Waals surface area contributed by atoms with E-state index >= 15 is 0 Å². The fraction of sp³-hybridized carbons (Fsp3) is 0.0500. The second kappa shape index (κ2) is 7.26. The number of hydrogen-bond donors (Lipinski definition) is 2. The molecule has 146 valence electrons. The number of ketones is 1. The van der Waals surface area contributed by atoms with Gasteiger partial charge in [0.05, 0.1) is 10.6 Å². The van der Waals surface area contributed by atoms with Crippen molar-refractivity contribution < 1.29 is 13.2 Å². The van der Waals surface area contributed by atoms with Gasteiger partial charge < -0.3 is 5.73 Å². The average Bonchev–Trinajstić information content (AvgIpc) is 3.03. The molecule has 7 nitrogen and oxygen atoms in total. The molecule has 0 aliphatic heterocycles. The quantitative estimate of drug-likeness (QED) is 0.473. The lowest BCUT2D eigenvalue weighted by Crippen LogP contribution is -2.14. The Balaban J connectivity index is 1.62. The number of rotatable bonds is 5. The topological polar surface area (TPSA) is 115 Å². The van der Waals surface area contributed by atoms with Crippen molar-refractivity contribution >= 4 is 48.9 Å². The number of aryl methyl sites for hydroxylation is 1. The molecule has 0 fully saturated rings. The fourth-order valence-electron chi connectivity index (χ4n) is 2.79. The van der Waals surface area contributed by atoms with Gasteiger partial charge in [0, 0.05) is 22.8 Å². The Morgan fingerprint density at radius 2 is 1.83 bits per heavy atom. The first-order valence-electron chi connectivity index (χ1n) is 8.59. The number of pyridine rings is 2. The van der Waals surface area contributed by atoms with Crippen molar-refractivity contribution in [2.24, 2.45) is 0 Å². The van der Waals surface area contributed by atoms with Crippen LogP contribution in [0.5, 0.6) is 0 Å². The summed E-state index contributed by atoms with van der Waals surface area (Å²) in [6.45, 7) is 1.87. The minimum absolute atomic E-state index is 0.0290. The van der Waals surface area contributed by atoms with Crippen molar-refractivity contribution in [2.45, 2.75) is 11.8 Å². The Labute approximate surface area is 171 Å². The highest BCUT2D eigenvalue weighted by Gasteiger charge is 2.20. The van der Waals surface area contributed by atoms with Gasteiger partial charge in [-0.3, -0.25) is 9.52 Å². The van der Waals surface area contributed by atoms with Crippen molar-refractivity contribution in [3.63, 3.8) is 0 Å². The van der Waals surface area contributed by atoms with Gasteiger partial charge >= 0.3 is 0 Å². The van der Waals surface area contributed by atoms with Crippen LogP contribution in [0, 0.1) is 6.92 Å². The Kier molecular flexibility index (Phi) is 4.77. The molecule has 1 aromatic carbocycles. The van der Waals surface area contributed by atoms with Crippen LogP contribution in [0.2, 0.25) is 0 Å². The van der Waals surface area contributed by atoms with E-state index in [0.29, 0.717) is 21.0 Å². The highest BCUT2D eigenvalue weighted by Crippen LogP contribution is 2.34. The SMILES string of the molecule is Cc1ccc2c(N)c(C(=O)c3ccc(S(=O)(=O)Nc4ccccn4)cc3)sc2n1. The Morgan fingerprint density at radius 3 is 2.52 bits per heavy atom. The summed E-state index contributed by atoms with van der Waals surface area (Å²) in [6.07, 6.45) is 1.49. The number of nitrogens with zero attached hydrogens (tertiary/aromatic N) is 2. The van der Waals surface area contributed by atoms with E-state index in [-0.39, 0.29) is 16.5 Å². The van der Waals surface area contributed by atoms with Crippen LogP contribution >= 0.6 is 11.3 Å². The van der Waals surface area contributed by atoms with Gasteiger partial charge in [0.2, 0.25) is 5.78 Å². The van der Waals surface area contributed by atoms with Gasteiger partial charge in [-0.1, -0.05) is 6.07 Å². The summed E-state index contributed by atoms with van der Waals surface area (Å²) in [6, 6.07) is 14.3. The maximum Gasteiger partial charge on any atom is 0.263 e. The Hall–Kier alpha value is -3.30. The van der Waals surface area contributed by atoms with E-state index in [1.54, 1.807) is 18.2 Å². The number of sulfonamides is 1. The number of carbonyl (C=O) groups is 1. The van der Waals surface area contributed by atoms with Gasteiger partial charge in [0.15, 0.2) is 0 Å². The number of nitrogen functional groups attached to an aromatic ring is 1. The zero-order chi connectivity index (χ0) is 20.6. The van der Waals surface area contributed by atoms with Crippen LogP contribution in [0.3, 0.4) is 0 Å². The van der Waals surface area contributed by atoms with Gasteiger partial charge in [0.1, 0.15) is 15.5 Å². The van der Waals surface area contributed by atoms with Crippen LogP contribution in [-0.2, 0) is 10.0 Å². The molecule has 29 heavy (non-hydrogen) atoms. The molecule has 0 amide bonds. The summed E-state index contributed by atoms with van der Waals surface area (Å²) in [4.78, 5) is 22.4. The van der Waals surface area contributed by atoms with Gasteiger partial charge in [-0.15, -0.1) is 11.3 Å². The molecule has 3 heterocycles. The molecule has 0 aliphatic rings. The number of fused-ring (bicyclic) bond motifs is 1. The van der Waals surface area contributed by atoms with E-state index in [2.05, 4.69) is 14.7 Å². The molecule has 9 heteroatoms. The molecule has 0 radical (unpaired) electrons. The minimum atomic E-state index is -3.81. The standard InChI is InChI=1S/C20H16N4O3S2/c1-12-5-10-15-17(21)19(28-20(15)23-12)18(25)13-6-8-14(9-7-13)29(26,27)24-16-4-2-3-11-22-16/h2-11H,21H2,1H3,(H,22,24). The lowest BCUT2D eigenvalue weighted by atomic mass is 10.1. The van der Waals surface area contributed by atoms with Gasteiger partial charge in [-0.05, 0) is 55.5 Å². The summed E-state index contributed by atoms with van der Waals surface area (Å²) in [5, 5.41) is 0.739. The van der Waals surface area contributed by atoms with Gasteiger partial charge in [-0.2, -0.15) is 0 Å². The van der Waals surface area contributed by atoms with Crippen molar-refractivity contribution in [1.29, 1.82) is 0 Å². The van der Waals surface area contributed by atoms with E-state index in [1.807, 2.05) is 19.1 Å². The van der Waals surface area contributed by atoms with Crippen molar-refractivity contribution in [2.75, 3.05) is 10.5 Å². The molecule has 0 bridgehead atoms. The van der Waals surface area contributed by atoms with Crippen LogP contribution in [0.4, 0.5) is 11.5 Å². The molecule has 0 saturated carbocycles. The molecule has 0 spiro atoms. The largest absolute Gasteiger partial charge is 0.397 e. The number of aromatic nitrogens is 2. The fourth-order valence-corrected chi connectivity index (χ4v) is 4.90. The van der Waals surface area contributed by atoms with Crippen molar-refractivity contribution in [3.8, 4) is 0 Å². The molecule has 0 saturated heterocycles. The monoisotopic (exact) mass is 424 g/mol. The Bertz CT molecular complexity index is 1320. The van der Waals surface area contributed by atoms with E-state index in [1.165, 1.54) is 41.8 Å². The lowest BCUT2D eigenvalue weighted by molar-refractivity contribution is 0.104. The second-order valence-corrected chi connectivity index (χ2v) is 9.01. The van der Waals surface area contributed by atoms with Crippen LogP contribution in [0.1, 0.15) is 20.9 Å². The highest BCUT2D eigenvalue weighted by atomic mass is 32.2. The van der Waals surface area contributed by atoms with E-state index < -0.39 is 10.0 Å². The van der Waals surface area contributed by atoms with Crippen LogP contribution in [0.15, 0.2) is 65.7 Å². The summed E-state index contributed by atoms with van der Waals surface area (Å²) in [5.74, 6) is -0.0571. The third kappa shape index (κ3) is 3.69. The predicted molar refractivity (Wildman–Crippen MR) is 114 cm³/mol. The van der Waals surface area contributed by atoms with Crippen LogP contribution in [-0.4, -0.2) is 24.2 Å². The maximum atomic E-state index is 12.9. The third-order valence-electron chi connectivity index (χ3n) is 4.27. The summed E-state index contributed by atoms with van der Waals surface area (Å²) < 4.78 is 27.4. The van der Waals surface area contributed by atoms with Crippen LogP contribution in [0.25, 0.3) is 10.2 Å². The molecule has 4 aromatic rings. The molecule has 3 N–H and O–H groups in total. The van der Waals surface area contributed by atoms with E-state index in [0.717, 1.165) is 11.1 Å². The number of anilines is 2. The molecular weight excluding hydrogens is 408 g/mol. The van der Waals surface area contributed by atoms with Crippen molar-refractivity contribution in [3.05, 3.63) is 76.9 Å². The molecule has 4 rings (SSSR count). The number of nitrogens with one attached hydrogen (secondary N) is 1. The Morgan fingerprint density at radius 1 is 1.07 bits per heavy atom. The molecule has 0 aliphatic carbocycles. The second-order valence-electron chi connectivity index (χ2n) is 6.32. The maximum absolute atomic E-state index is 12.9. The first-order chi connectivity index (χ1) is 13.8. The van der Waals surface area contributed by atoms with E-state index in [9.17, 15) is 13.2 Å². The number of hydrogen-bond acceptors (Lipinski definition) is 7. The van der Waals surface area contributed by atoms with Crippen molar-refractivity contribution in [1.82, 2.24) is 9.97 Å². The normalized spacial score (nSPS) is 11.5. The van der Waals surface area contributed by atoms with Gasteiger partial charge in [0.25, 0.3) is 10.0 Å². The molecule has 3 aromatic heterocycles. The number of benzene rings is 1. The highest BCUT2D eigenvalue weighted by molar-refractivity contribution is 7.92. The van der Waals surface area contributed by atoms with E-state index in [4.69, 9.17) is 5.73 Å². The number of carbonyl (C=O) groups excluding carboxylic acids is 1. The minimum Gasteiger partial charge on any atom is -0.397 e. The zero-order valence-electron chi connectivity index (χ0n) is 15.3.